The van der Waals surface area contributed by atoms with Crippen LogP contribution in [0, 0.1) is 0 Å². The molecule has 0 unspecified atom stereocenters. The number of nitrogens with zero attached hydrogens (tertiary/aromatic N) is 1. The lowest BCUT2D eigenvalue weighted by molar-refractivity contribution is 0.415. The molecule has 0 aliphatic carbocycles. The smallest absolute Gasteiger partial charge is 0.166 e. The van der Waals surface area contributed by atoms with Gasteiger partial charge in [0.15, 0.2) is 5.16 Å². The third-order valence-corrected chi connectivity index (χ3v) is 3.28. The first kappa shape index (κ1) is 11.4. The summed E-state index contributed by atoms with van der Waals surface area (Å²) in [7, 11) is 1.64. The average Bonchev–Trinajstić information content (AvgIpc) is 2.67. The van der Waals surface area contributed by atoms with Crippen molar-refractivity contribution >= 4 is 34.4 Å². The molecule has 0 saturated heterocycles. The Morgan fingerprint density at radius 3 is 3.12 bits per heavy atom. The van der Waals surface area contributed by atoms with Crippen LogP contribution in [-0.4, -0.2) is 22.8 Å². The van der Waals surface area contributed by atoms with Crippen molar-refractivity contribution in [3.63, 3.8) is 0 Å². The highest BCUT2D eigenvalue weighted by molar-refractivity contribution is 7.99. The van der Waals surface area contributed by atoms with Crippen LogP contribution in [0.15, 0.2) is 35.0 Å². The van der Waals surface area contributed by atoms with Crippen molar-refractivity contribution in [2.75, 3.05) is 12.9 Å². The minimum Gasteiger partial charge on any atom is -0.497 e. The summed E-state index contributed by atoms with van der Waals surface area (Å²) in [6, 6.07) is 5.73. The number of aromatic amines is 1. The van der Waals surface area contributed by atoms with Crippen molar-refractivity contribution in [2.45, 2.75) is 5.16 Å². The number of thioether (sulfide) groups is 1. The number of ether oxygens (including phenoxy) is 1. The van der Waals surface area contributed by atoms with Crippen molar-refractivity contribution in [3.8, 4) is 5.75 Å². The number of methoxy groups -OCH3 is 1. The van der Waals surface area contributed by atoms with Crippen LogP contribution in [0.2, 0.25) is 0 Å². The van der Waals surface area contributed by atoms with Gasteiger partial charge in [-0.25, -0.2) is 4.98 Å². The first-order valence-corrected chi connectivity index (χ1v) is 6.05. The Bertz CT molecular complexity index is 524. The topological polar surface area (TPSA) is 37.9 Å². The Hall–Kier alpha value is -1.13. The Balaban J connectivity index is 2.25. The van der Waals surface area contributed by atoms with Gasteiger partial charge in [-0.05, 0) is 12.1 Å². The number of H-pyrrole nitrogens is 1. The van der Waals surface area contributed by atoms with Gasteiger partial charge in [0.25, 0.3) is 0 Å². The lowest BCUT2D eigenvalue weighted by Gasteiger charge is -1.96. The van der Waals surface area contributed by atoms with Crippen molar-refractivity contribution in [1.82, 2.24) is 9.97 Å². The van der Waals surface area contributed by atoms with Crippen molar-refractivity contribution in [3.05, 3.63) is 29.8 Å². The fourth-order valence-electron chi connectivity index (χ4n) is 1.31. The van der Waals surface area contributed by atoms with E-state index in [4.69, 9.17) is 16.3 Å². The van der Waals surface area contributed by atoms with Gasteiger partial charge < -0.3 is 9.72 Å². The summed E-state index contributed by atoms with van der Waals surface area (Å²) >= 11 is 7.23. The Labute approximate surface area is 103 Å². The zero-order chi connectivity index (χ0) is 11.5. The summed E-state index contributed by atoms with van der Waals surface area (Å²) < 4.78 is 5.14. The predicted octanol–water partition coefficient (Wildman–Crippen LogP) is 3.42. The maximum Gasteiger partial charge on any atom is 0.166 e. The predicted molar refractivity (Wildman–Crippen MR) is 68.4 cm³/mol. The highest BCUT2D eigenvalue weighted by Gasteiger charge is 2.04. The Morgan fingerprint density at radius 1 is 1.62 bits per heavy atom. The lowest BCUT2D eigenvalue weighted by Crippen LogP contribution is -1.81. The Kier molecular flexibility index (Phi) is 3.41. The second kappa shape index (κ2) is 4.80. The molecule has 1 N–H and O–H groups in total. The molecule has 1 aromatic carbocycles. The number of hydrogen-bond acceptors (Lipinski definition) is 3. The highest BCUT2D eigenvalue weighted by atomic mass is 35.5. The van der Waals surface area contributed by atoms with Crippen LogP contribution < -0.4 is 4.74 Å². The van der Waals surface area contributed by atoms with Crippen molar-refractivity contribution < 1.29 is 4.74 Å². The lowest BCUT2D eigenvalue weighted by atomic mass is 10.3. The van der Waals surface area contributed by atoms with Gasteiger partial charge >= 0.3 is 0 Å². The van der Waals surface area contributed by atoms with Crippen molar-refractivity contribution in [2.24, 2.45) is 0 Å². The van der Waals surface area contributed by atoms with Gasteiger partial charge in [-0.2, -0.15) is 0 Å². The molecule has 0 spiro atoms. The third-order valence-electron chi connectivity index (χ3n) is 2.03. The fraction of sp³-hybridized carbons (Fsp3) is 0.182. The molecule has 2 aromatic rings. The number of hydrogen-bond donors (Lipinski definition) is 1. The van der Waals surface area contributed by atoms with Crippen molar-refractivity contribution in [1.29, 1.82) is 0 Å². The van der Waals surface area contributed by atoms with Crippen LogP contribution in [0.4, 0.5) is 0 Å². The van der Waals surface area contributed by atoms with Crippen LogP contribution in [0.5, 0.6) is 5.75 Å². The Morgan fingerprint density at radius 2 is 2.44 bits per heavy atom. The number of fused-ring (bicyclic) bond motifs is 1. The van der Waals surface area contributed by atoms with Crippen LogP contribution in [0.1, 0.15) is 0 Å². The molecule has 0 atom stereocenters. The van der Waals surface area contributed by atoms with E-state index in [0.29, 0.717) is 10.8 Å². The molecule has 2 rings (SSSR count). The zero-order valence-electron chi connectivity index (χ0n) is 8.79. The fourth-order valence-corrected chi connectivity index (χ4v) is 2.11. The van der Waals surface area contributed by atoms with Crippen LogP contribution >= 0.6 is 23.4 Å². The molecule has 0 radical (unpaired) electrons. The second-order valence-corrected chi connectivity index (χ2v) is 4.73. The molecule has 3 nitrogen and oxygen atoms in total. The first-order valence-electron chi connectivity index (χ1n) is 4.69. The van der Waals surface area contributed by atoms with Gasteiger partial charge in [-0.3, -0.25) is 0 Å². The minimum atomic E-state index is 0.614. The number of benzene rings is 1. The molecule has 0 bridgehead atoms. The van der Waals surface area contributed by atoms with Gasteiger partial charge in [0.2, 0.25) is 0 Å². The number of imidazole rings is 1. The van der Waals surface area contributed by atoms with E-state index >= 15 is 0 Å². The van der Waals surface area contributed by atoms with Gasteiger partial charge in [0, 0.05) is 16.9 Å². The standard InChI is InChI=1S/C11H11ClN2OS/c1-7(12)6-16-11-13-9-4-3-8(15-2)5-10(9)14-11/h3-5H,1,6H2,2H3,(H,13,14). The molecule has 0 saturated carbocycles. The quantitative estimate of drug-likeness (QED) is 0.850. The molecule has 0 amide bonds. The summed E-state index contributed by atoms with van der Waals surface area (Å²) in [6.45, 7) is 3.63. The summed E-state index contributed by atoms with van der Waals surface area (Å²) in [4.78, 5) is 7.61. The molecule has 84 valence electrons. The van der Waals surface area contributed by atoms with Gasteiger partial charge in [-0.1, -0.05) is 29.9 Å². The number of nitrogens with one attached hydrogen (secondary N) is 1. The van der Waals surface area contributed by atoms with E-state index in [1.54, 1.807) is 7.11 Å². The molecule has 0 fully saturated rings. The number of rotatable bonds is 4. The average molecular weight is 255 g/mol. The van der Waals surface area contributed by atoms with E-state index in [1.165, 1.54) is 11.8 Å². The SMILES string of the molecule is C=C(Cl)CSc1nc2ccc(OC)cc2[nH]1. The van der Waals surface area contributed by atoms with Crippen LogP contribution in [0.25, 0.3) is 11.0 Å². The molecule has 5 heteroatoms. The molecule has 1 aromatic heterocycles. The number of aromatic nitrogens is 2. The largest absolute Gasteiger partial charge is 0.497 e. The van der Waals surface area contributed by atoms with Crippen LogP contribution in [-0.2, 0) is 0 Å². The molecular weight excluding hydrogens is 244 g/mol. The van der Waals surface area contributed by atoms with Crippen LogP contribution in [0.3, 0.4) is 0 Å². The van der Waals surface area contributed by atoms with Gasteiger partial charge in [0.05, 0.1) is 18.1 Å². The van der Waals surface area contributed by atoms with E-state index in [9.17, 15) is 0 Å². The molecule has 16 heavy (non-hydrogen) atoms. The van der Waals surface area contributed by atoms with E-state index in [1.807, 2.05) is 18.2 Å². The molecule has 0 aliphatic rings. The van der Waals surface area contributed by atoms with Gasteiger partial charge in [0.1, 0.15) is 5.75 Å². The molecule has 1 heterocycles. The molecule has 0 aliphatic heterocycles. The highest BCUT2D eigenvalue weighted by Crippen LogP contribution is 2.24. The van der Waals surface area contributed by atoms with Gasteiger partial charge in [-0.15, -0.1) is 0 Å². The monoisotopic (exact) mass is 254 g/mol. The third kappa shape index (κ3) is 2.51. The minimum absolute atomic E-state index is 0.614. The second-order valence-electron chi connectivity index (χ2n) is 3.23. The first-order chi connectivity index (χ1) is 7.69. The van der Waals surface area contributed by atoms with E-state index in [-0.39, 0.29) is 0 Å². The van der Waals surface area contributed by atoms with E-state index in [2.05, 4.69) is 16.5 Å². The normalized spacial score (nSPS) is 10.6. The maximum atomic E-state index is 5.70. The summed E-state index contributed by atoms with van der Waals surface area (Å²) in [6.07, 6.45) is 0. The molecular formula is C11H11ClN2OS. The zero-order valence-corrected chi connectivity index (χ0v) is 10.4. The summed E-state index contributed by atoms with van der Waals surface area (Å²) in [5.74, 6) is 1.47. The van der Waals surface area contributed by atoms with E-state index < -0.39 is 0 Å². The summed E-state index contributed by atoms with van der Waals surface area (Å²) in [5, 5.41) is 1.45. The van der Waals surface area contributed by atoms with E-state index in [0.717, 1.165) is 21.9 Å². The summed E-state index contributed by atoms with van der Waals surface area (Å²) in [5.41, 5.74) is 1.88. The number of halogens is 1. The maximum absolute atomic E-state index is 5.70.